The number of esters is 1. The van der Waals surface area contributed by atoms with Crippen LogP contribution in [0.25, 0.3) is 10.9 Å². The zero-order chi connectivity index (χ0) is 20.1. The molecule has 2 aliphatic rings. The number of benzene rings is 1. The number of hydrogen-bond acceptors (Lipinski definition) is 3. The van der Waals surface area contributed by atoms with Gasteiger partial charge in [0.15, 0.2) is 0 Å². The molecule has 1 unspecified atom stereocenters. The van der Waals surface area contributed by atoms with Crippen molar-refractivity contribution in [2.24, 2.45) is 0 Å². The van der Waals surface area contributed by atoms with Gasteiger partial charge in [-0.3, -0.25) is 0 Å². The molecule has 0 N–H and O–H groups in total. The van der Waals surface area contributed by atoms with Gasteiger partial charge in [-0.15, -0.1) is 0 Å². The molecule has 2 saturated heterocycles. The lowest BCUT2D eigenvalue weighted by Crippen LogP contribution is -2.52. The topological polar surface area (TPSA) is 34.5 Å². The SMILES string of the molecule is CN1[C@@H]2CCC[C@H]1CC(OC(=O)c1cn(CC(F)(F)F)c3ccc(F)cc13)C2. The Balaban J connectivity index is 1.59. The first kappa shape index (κ1) is 19.2. The van der Waals surface area contributed by atoms with Crippen molar-refractivity contribution in [3.05, 3.63) is 35.8 Å². The summed E-state index contributed by atoms with van der Waals surface area (Å²) in [6, 6.07) is 4.14. The number of aromatic nitrogens is 1. The van der Waals surface area contributed by atoms with Gasteiger partial charge in [0.25, 0.3) is 0 Å². The largest absolute Gasteiger partial charge is 0.459 e. The van der Waals surface area contributed by atoms with E-state index in [1.165, 1.54) is 6.07 Å². The Kier molecular flexibility index (Phi) is 4.85. The summed E-state index contributed by atoms with van der Waals surface area (Å²) in [5.41, 5.74) is 0.133. The van der Waals surface area contributed by atoms with Crippen LogP contribution in [0.3, 0.4) is 0 Å². The quantitative estimate of drug-likeness (QED) is 0.563. The third-order valence-corrected chi connectivity index (χ3v) is 5.98. The molecule has 8 heteroatoms. The summed E-state index contributed by atoms with van der Waals surface area (Å²) in [5.74, 6) is -1.30. The predicted molar refractivity (Wildman–Crippen MR) is 95.6 cm³/mol. The predicted octanol–water partition coefficient (Wildman–Crippen LogP) is 4.51. The van der Waals surface area contributed by atoms with Gasteiger partial charge >= 0.3 is 12.1 Å². The highest BCUT2D eigenvalue weighted by Gasteiger charge is 2.38. The first-order chi connectivity index (χ1) is 13.2. The summed E-state index contributed by atoms with van der Waals surface area (Å²) in [4.78, 5) is 15.1. The van der Waals surface area contributed by atoms with E-state index in [4.69, 9.17) is 4.74 Å². The van der Waals surface area contributed by atoms with Crippen molar-refractivity contribution in [3.63, 3.8) is 0 Å². The molecule has 0 spiro atoms. The maximum atomic E-state index is 13.7. The van der Waals surface area contributed by atoms with Crippen molar-refractivity contribution >= 4 is 16.9 Å². The molecule has 2 aliphatic heterocycles. The summed E-state index contributed by atoms with van der Waals surface area (Å²) in [7, 11) is 2.08. The molecule has 0 amide bonds. The zero-order valence-electron chi connectivity index (χ0n) is 15.5. The van der Waals surface area contributed by atoms with Gasteiger partial charge in [0.2, 0.25) is 0 Å². The van der Waals surface area contributed by atoms with Gasteiger partial charge in [0, 0.05) is 42.0 Å². The van der Waals surface area contributed by atoms with Crippen LogP contribution in [0.15, 0.2) is 24.4 Å². The molecule has 2 bridgehead atoms. The Bertz CT molecular complexity index is 878. The normalized spacial score (nSPS) is 25.8. The standard InChI is InChI=1S/C20H22F4N2O2/c1-25-13-3-2-4-14(25)9-15(8-13)28-19(27)17-10-26(11-20(22,23)24)18-6-5-12(21)7-16(17)18/h5-7,10,13-15H,2-4,8-9,11H2,1H3/t13-,14+,15?. The smallest absolute Gasteiger partial charge is 0.406 e. The fourth-order valence-corrected chi connectivity index (χ4v) is 4.63. The van der Waals surface area contributed by atoms with Crippen LogP contribution < -0.4 is 0 Å². The number of fused-ring (bicyclic) bond motifs is 3. The Labute approximate surface area is 160 Å². The number of ether oxygens (including phenoxy) is 1. The number of piperidine rings is 2. The van der Waals surface area contributed by atoms with E-state index in [2.05, 4.69) is 11.9 Å². The molecule has 4 nitrogen and oxygen atoms in total. The molecule has 1 aromatic heterocycles. The van der Waals surface area contributed by atoms with E-state index < -0.39 is 24.5 Å². The van der Waals surface area contributed by atoms with Gasteiger partial charge < -0.3 is 14.2 Å². The van der Waals surface area contributed by atoms with Gasteiger partial charge in [-0.25, -0.2) is 9.18 Å². The molecule has 3 heterocycles. The van der Waals surface area contributed by atoms with Crippen LogP contribution >= 0.6 is 0 Å². The minimum Gasteiger partial charge on any atom is -0.459 e. The molecule has 2 aromatic rings. The molecule has 3 atom stereocenters. The molecule has 28 heavy (non-hydrogen) atoms. The van der Waals surface area contributed by atoms with E-state index in [0.29, 0.717) is 24.9 Å². The van der Waals surface area contributed by atoms with Gasteiger partial charge in [-0.1, -0.05) is 6.42 Å². The monoisotopic (exact) mass is 398 g/mol. The highest BCUT2D eigenvalue weighted by Crippen LogP contribution is 2.35. The second-order valence-corrected chi connectivity index (χ2v) is 7.85. The van der Waals surface area contributed by atoms with Crippen LogP contribution in [0, 0.1) is 5.82 Å². The number of rotatable bonds is 3. The molecular formula is C20H22F4N2O2. The average molecular weight is 398 g/mol. The van der Waals surface area contributed by atoms with Crippen molar-refractivity contribution in [2.75, 3.05) is 7.05 Å². The Hall–Kier alpha value is -2.09. The lowest BCUT2D eigenvalue weighted by molar-refractivity contribution is -0.139. The fraction of sp³-hybridized carbons (Fsp3) is 0.550. The third-order valence-electron chi connectivity index (χ3n) is 5.98. The van der Waals surface area contributed by atoms with Crippen molar-refractivity contribution < 1.29 is 27.1 Å². The molecule has 0 aliphatic carbocycles. The summed E-state index contributed by atoms with van der Waals surface area (Å²) < 4.78 is 58.9. The number of carbonyl (C=O) groups excluding carboxylic acids is 1. The number of carbonyl (C=O) groups is 1. The van der Waals surface area contributed by atoms with Gasteiger partial charge in [-0.2, -0.15) is 13.2 Å². The molecule has 0 radical (unpaired) electrons. The minimum atomic E-state index is -4.45. The molecular weight excluding hydrogens is 376 g/mol. The second-order valence-electron chi connectivity index (χ2n) is 7.85. The van der Waals surface area contributed by atoms with Crippen molar-refractivity contribution in [2.45, 2.75) is 63.0 Å². The van der Waals surface area contributed by atoms with Gasteiger partial charge in [-0.05, 0) is 38.1 Å². The maximum absolute atomic E-state index is 13.7. The van der Waals surface area contributed by atoms with E-state index in [-0.39, 0.29) is 22.6 Å². The molecule has 1 aromatic carbocycles. The number of alkyl halides is 3. The Morgan fingerprint density at radius 3 is 2.54 bits per heavy atom. The highest BCUT2D eigenvalue weighted by molar-refractivity contribution is 6.04. The van der Waals surface area contributed by atoms with E-state index in [1.54, 1.807) is 0 Å². The average Bonchev–Trinajstić information content (AvgIpc) is 2.91. The van der Waals surface area contributed by atoms with Crippen LogP contribution in [-0.2, 0) is 11.3 Å². The van der Waals surface area contributed by atoms with Crippen molar-refractivity contribution in [1.82, 2.24) is 9.47 Å². The van der Waals surface area contributed by atoms with Crippen LogP contribution in [-0.4, -0.2) is 46.8 Å². The first-order valence-electron chi connectivity index (χ1n) is 9.49. The maximum Gasteiger partial charge on any atom is 0.406 e. The first-order valence-corrected chi connectivity index (χ1v) is 9.49. The zero-order valence-corrected chi connectivity index (χ0v) is 15.5. The Morgan fingerprint density at radius 1 is 1.21 bits per heavy atom. The lowest BCUT2D eigenvalue weighted by atomic mass is 9.83. The lowest BCUT2D eigenvalue weighted by Gasteiger charge is -2.46. The van der Waals surface area contributed by atoms with E-state index in [1.807, 2.05) is 0 Å². The molecule has 0 saturated carbocycles. The van der Waals surface area contributed by atoms with E-state index in [0.717, 1.165) is 42.2 Å². The third kappa shape index (κ3) is 3.74. The fourth-order valence-electron chi connectivity index (χ4n) is 4.63. The van der Waals surface area contributed by atoms with Crippen LogP contribution in [0.1, 0.15) is 42.5 Å². The van der Waals surface area contributed by atoms with Crippen molar-refractivity contribution in [3.8, 4) is 0 Å². The summed E-state index contributed by atoms with van der Waals surface area (Å²) in [6.07, 6.45) is 1.10. The number of hydrogen-bond donors (Lipinski definition) is 0. The Morgan fingerprint density at radius 2 is 1.89 bits per heavy atom. The van der Waals surface area contributed by atoms with E-state index in [9.17, 15) is 22.4 Å². The van der Waals surface area contributed by atoms with Gasteiger partial charge in [0.05, 0.1) is 5.56 Å². The number of halogens is 4. The van der Waals surface area contributed by atoms with E-state index >= 15 is 0 Å². The van der Waals surface area contributed by atoms with Crippen LogP contribution in [0.4, 0.5) is 17.6 Å². The number of nitrogens with zero attached hydrogens (tertiary/aromatic N) is 2. The highest BCUT2D eigenvalue weighted by atomic mass is 19.4. The van der Waals surface area contributed by atoms with Crippen molar-refractivity contribution in [1.29, 1.82) is 0 Å². The summed E-state index contributed by atoms with van der Waals surface area (Å²) in [5, 5.41) is 0.141. The second kappa shape index (κ2) is 7.06. The molecule has 2 fully saturated rings. The van der Waals surface area contributed by atoms with Gasteiger partial charge in [0.1, 0.15) is 18.5 Å². The van der Waals surface area contributed by atoms with Crippen LogP contribution in [0.2, 0.25) is 0 Å². The molecule has 152 valence electrons. The summed E-state index contributed by atoms with van der Waals surface area (Å²) >= 11 is 0. The summed E-state index contributed by atoms with van der Waals surface area (Å²) in [6.45, 7) is -1.25. The molecule has 4 rings (SSSR count). The minimum absolute atomic E-state index is 0.0252. The van der Waals surface area contributed by atoms with Crippen LogP contribution in [0.5, 0.6) is 0 Å².